The van der Waals surface area contributed by atoms with Crippen LogP contribution < -0.4 is 19.9 Å². The molecule has 2 N–H and O–H groups in total. The van der Waals surface area contributed by atoms with Gasteiger partial charge in [-0.05, 0) is 36.4 Å². The fraction of sp³-hybridized carbons (Fsp3) is 0.240. The number of amidine groups is 1. The van der Waals surface area contributed by atoms with Gasteiger partial charge in [0, 0.05) is 5.56 Å². The average Bonchev–Trinajstić information content (AvgIpc) is 3.22. The van der Waals surface area contributed by atoms with E-state index >= 15 is 0 Å². The monoisotopic (exact) mass is 492 g/mol. The van der Waals surface area contributed by atoms with Crippen molar-refractivity contribution in [3.05, 3.63) is 69.9 Å². The van der Waals surface area contributed by atoms with Crippen LogP contribution in [0.2, 0.25) is 0 Å². The van der Waals surface area contributed by atoms with E-state index in [-0.39, 0.29) is 18.0 Å². The minimum Gasteiger partial charge on any atom is -0.493 e. The fourth-order valence-corrected chi connectivity index (χ4v) is 4.90. The molecular weight excluding hydrogens is 468 g/mol. The van der Waals surface area contributed by atoms with Gasteiger partial charge in [0.15, 0.2) is 16.7 Å². The van der Waals surface area contributed by atoms with Crippen LogP contribution in [0.15, 0.2) is 63.8 Å². The maximum absolute atomic E-state index is 13.5. The van der Waals surface area contributed by atoms with Crippen molar-refractivity contribution in [1.82, 2.24) is 4.90 Å². The van der Waals surface area contributed by atoms with E-state index in [1.807, 2.05) is 30.3 Å². The largest absolute Gasteiger partial charge is 0.493 e. The number of ether oxygens (including phenoxy) is 4. The number of fused-ring (bicyclic) bond motifs is 1. The number of nitrogens with two attached hydrogens (primary N) is 1. The lowest BCUT2D eigenvalue weighted by Crippen LogP contribution is -2.38. The van der Waals surface area contributed by atoms with Gasteiger partial charge in [0.2, 0.25) is 5.75 Å². The highest BCUT2D eigenvalue weighted by Gasteiger charge is 2.44. The number of rotatable bonds is 7. The van der Waals surface area contributed by atoms with Gasteiger partial charge in [-0.15, -0.1) is 0 Å². The van der Waals surface area contributed by atoms with Gasteiger partial charge in [-0.3, -0.25) is 4.90 Å². The number of nitrogens with zero attached hydrogens (tertiary/aromatic N) is 3. The first kappa shape index (κ1) is 24.0. The highest BCUT2D eigenvalue weighted by molar-refractivity contribution is 8.17. The van der Waals surface area contributed by atoms with Crippen LogP contribution >= 0.6 is 11.8 Å². The standard InChI is InChI=1S/C25H24N4O5S/c1-5-34-24(30)19-20(14-9-7-6-8-10-14)28-25-29(23(27)18(13-26)35-25)21(19)15-11-16(31-2)22(33-4)17(12-15)32-3/h6-12,21H,5,27H2,1-4H3/t21-/m1/s1. The zero-order valence-corrected chi connectivity index (χ0v) is 20.5. The van der Waals surface area contributed by atoms with Gasteiger partial charge < -0.3 is 24.7 Å². The van der Waals surface area contributed by atoms with Crippen molar-refractivity contribution in [2.45, 2.75) is 13.0 Å². The summed E-state index contributed by atoms with van der Waals surface area (Å²) in [6, 6.07) is 14.2. The highest BCUT2D eigenvalue weighted by Crippen LogP contribution is 2.50. The maximum Gasteiger partial charge on any atom is 0.338 e. The van der Waals surface area contributed by atoms with Crippen molar-refractivity contribution >= 4 is 28.6 Å². The number of allylic oxidation sites excluding steroid dienone is 1. The Labute approximate surface area is 207 Å². The molecule has 10 heteroatoms. The van der Waals surface area contributed by atoms with Gasteiger partial charge in [-0.1, -0.05) is 30.3 Å². The van der Waals surface area contributed by atoms with Crippen molar-refractivity contribution in [2.24, 2.45) is 10.7 Å². The van der Waals surface area contributed by atoms with Crippen LogP contribution in [0.5, 0.6) is 17.2 Å². The Morgan fingerprint density at radius 3 is 2.34 bits per heavy atom. The lowest BCUT2D eigenvalue weighted by atomic mass is 9.91. The third kappa shape index (κ3) is 4.15. The van der Waals surface area contributed by atoms with E-state index in [9.17, 15) is 10.1 Å². The molecule has 2 aliphatic rings. The Kier molecular flexibility index (Phi) is 6.89. The molecule has 0 aliphatic carbocycles. The molecule has 0 fully saturated rings. The summed E-state index contributed by atoms with van der Waals surface area (Å²) in [6.45, 7) is 1.91. The van der Waals surface area contributed by atoms with E-state index in [2.05, 4.69) is 6.07 Å². The molecule has 0 amide bonds. The maximum atomic E-state index is 13.5. The van der Waals surface area contributed by atoms with Crippen molar-refractivity contribution in [1.29, 1.82) is 5.26 Å². The Morgan fingerprint density at radius 1 is 1.14 bits per heavy atom. The average molecular weight is 493 g/mol. The summed E-state index contributed by atoms with van der Waals surface area (Å²) >= 11 is 1.15. The summed E-state index contributed by atoms with van der Waals surface area (Å²) in [5, 5.41) is 10.1. The smallest absolute Gasteiger partial charge is 0.338 e. The molecular formula is C25H24N4O5S. The van der Waals surface area contributed by atoms with Crippen molar-refractivity contribution in [3.8, 4) is 23.3 Å². The number of benzene rings is 2. The van der Waals surface area contributed by atoms with Gasteiger partial charge in [0.1, 0.15) is 16.8 Å². The lowest BCUT2D eigenvalue weighted by molar-refractivity contribution is -0.139. The van der Waals surface area contributed by atoms with Crippen LogP contribution in [0.4, 0.5) is 0 Å². The molecule has 0 aromatic heterocycles. The molecule has 180 valence electrons. The normalized spacial score (nSPS) is 16.9. The second kappa shape index (κ2) is 10.0. The molecule has 0 spiro atoms. The molecule has 4 rings (SSSR count). The summed E-state index contributed by atoms with van der Waals surface area (Å²) in [5.41, 5.74) is 8.47. The van der Waals surface area contributed by atoms with Crippen LogP contribution in [0.1, 0.15) is 24.1 Å². The van der Waals surface area contributed by atoms with E-state index in [0.29, 0.717) is 38.6 Å². The summed E-state index contributed by atoms with van der Waals surface area (Å²) in [4.78, 5) is 20.2. The molecule has 2 heterocycles. The van der Waals surface area contributed by atoms with Crippen molar-refractivity contribution < 1.29 is 23.7 Å². The predicted octanol–water partition coefficient (Wildman–Crippen LogP) is 3.80. The first-order chi connectivity index (χ1) is 17.0. The van der Waals surface area contributed by atoms with Crippen molar-refractivity contribution in [3.63, 3.8) is 0 Å². The van der Waals surface area contributed by atoms with Gasteiger partial charge in [-0.2, -0.15) is 5.26 Å². The summed E-state index contributed by atoms with van der Waals surface area (Å²) in [7, 11) is 4.54. The molecule has 0 radical (unpaired) electrons. The van der Waals surface area contributed by atoms with Gasteiger partial charge in [-0.25, -0.2) is 9.79 Å². The third-order valence-corrected chi connectivity index (χ3v) is 6.51. The Morgan fingerprint density at radius 2 is 1.80 bits per heavy atom. The molecule has 2 aromatic rings. The molecule has 0 saturated carbocycles. The fourth-order valence-electron chi connectivity index (χ4n) is 4.03. The van der Waals surface area contributed by atoms with E-state index in [4.69, 9.17) is 29.7 Å². The Balaban J connectivity index is 2.05. The van der Waals surface area contributed by atoms with E-state index in [0.717, 1.165) is 17.3 Å². The van der Waals surface area contributed by atoms with E-state index < -0.39 is 12.0 Å². The third-order valence-electron chi connectivity index (χ3n) is 5.53. The van der Waals surface area contributed by atoms with Gasteiger partial charge in [0.25, 0.3) is 0 Å². The van der Waals surface area contributed by atoms with Crippen molar-refractivity contribution in [2.75, 3.05) is 27.9 Å². The number of thioether (sulfide) groups is 1. The number of carbonyl (C=O) groups excluding carboxylic acids is 1. The Bertz CT molecular complexity index is 1270. The van der Waals surface area contributed by atoms with Crippen LogP contribution in [0.25, 0.3) is 5.70 Å². The van der Waals surface area contributed by atoms with Gasteiger partial charge in [0.05, 0.1) is 45.2 Å². The second-order valence-electron chi connectivity index (χ2n) is 7.40. The SMILES string of the molecule is CCOC(=O)C1=C(c2ccccc2)N=C2SC(C#N)=C(N)N2[C@@H]1c1cc(OC)c(OC)c(OC)c1. The molecule has 2 aliphatic heterocycles. The number of nitriles is 1. The first-order valence-electron chi connectivity index (χ1n) is 10.7. The first-order valence-corrected chi connectivity index (χ1v) is 11.5. The minimum absolute atomic E-state index is 0.173. The topological polar surface area (TPSA) is 119 Å². The molecule has 0 bridgehead atoms. The summed E-state index contributed by atoms with van der Waals surface area (Å²) < 4.78 is 22.1. The van der Waals surface area contributed by atoms with Gasteiger partial charge >= 0.3 is 5.97 Å². The number of carbonyl (C=O) groups is 1. The zero-order chi connectivity index (χ0) is 25.1. The number of esters is 1. The molecule has 9 nitrogen and oxygen atoms in total. The summed E-state index contributed by atoms with van der Waals surface area (Å²) in [5.74, 6) is 0.876. The predicted molar refractivity (Wildman–Crippen MR) is 133 cm³/mol. The zero-order valence-electron chi connectivity index (χ0n) is 19.7. The second-order valence-corrected chi connectivity index (χ2v) is 8.38. The summed E-state index contributed by atoms with van der Waals surface area (Å²) in [6.07, 6.45) is 0. The highest BCUT2D eigenvalue weighted by atomic mass is 32.2. The van der Waals surface area contributed by atoms with Crippen LogP contribution in [0, 0.1) is 11.3 Å². The number of aliphatic imine (C=N–C) groups is 1. The molecule has 1 atom stereocenters. The quantitative estimate of drug-likeness (QED) is 0.576. The number of hydrogen-bond acceptors (Lipinski definition) is 10. The lowest BCUT2D eigenvalue weighted by Gasteiger charge is -2.35. The van der Waals surface area contributed by atoms with Crippen LogP contribution in [-0.2, 0) is 9.53 Å². The molecule has 0 saturated heterocycles. The Hall–Kier alpha value is -4.10. The minimum atomic E-state index is -0.774. The molecule has 2 aromatic carbocycles. The number of methoxy groups -OCH3 is 3. The van der Waals surface area contributed by atoms with Crippen LogP contribution in [0.3, 0.4) is 0 Å². The van der Waals surface area contributed by atoms with Crippen LogP contribution in [-0.4, -0.2) is 44.0 Å². The van der Waals surface area contributed by atoms with E-state index in [1.165, 1.54) is 21.3 Å². The molecule has 35 heavy (non-hydrogen) atoms. The molecule has 0 unspecified atom stereocenters. The number of hydrogen-bond donors (Lipinski definition) is 1. The van der Waals surface area contributed by atoms with E-state index in [1.54, 1.807) is 24.0 Å².